The second-order valence-corrected chi connectivity index (χ2v) is 6.35. The lowest BCUT2D eigenvalue weighted by Gasteiger charge is -2.24. The van der Waals surface area contributed by atoms with Crippen molar-refractivity contribution in [2.45, 2.75) is 11.8 Å². The number of halogens is 1. The molecule has 0 saturated heterocycles. The van der Waals surface area contributed by atoms with E-state index in [0.29, 0.717) is 5.69 Å². The van der Waals surface area contributed by atoms with E-state index in [9.17, 15) is 12.8 Å². The zero-order chi connectivity index (χ0) is 16.9. The van der Waals surface area contributed by atoms with Gasteiger partial charge in [0.1, 0.15) is 16.5 Å². The Morgan fingerprint density at radius 3 is 2.52 bits per heavy atom. The monoisotopic (exact) mass is 340 g/mol. The molecule has 0 bridgehead atoms. The average molecular weight is 340 g/mol. The van der Waals surface area contributed by atoms with Crippen LogP contribution >= 0.6 is 0 Å². The summed E-state index contributed by atoms with van der Waals surface area (Å²) in [7, 11) is -2.59. The molecule has 2 rings (SSSR count). The van der Waals surface area contributed by atoms with Crippen LogP contribution in [0.4, 0.5) is 10.1 Å². The van der Waals surface area contributed by atoms with Gasteiger partial charge in [0.25, 0.3) is 10.0 Å². The molecule has 0 aliphatic heterocycles. The first-order chi connectivity index (χ1) is 11.0. The number of hydrogen-bond donors (Lipinski definition) is 0. The third-order valence-electron chi connectivity index (χ3n) is 3.04. The van der Waals surface area contributed by atoms with E-state index in [-0.39, 0.29) is 24.0 Å². The summed E-state index contributed by atoms with van der Waals surface area (Å²) in [6.45, 7) is 1.72. The molecule has 0 saturated carbocycles. The molecule has 0 N–H and O–H groups in total. The third kappa shape index (κ3) is 3.77. The van der Waals surface area contributed by atoms with Gasteiger partial charge in [0, 0.05) is 26.0 Å². The molecule has 0 fully saturated rings. The molecule has 0 unspecified atom stereocenters. The van der Waals surface area contributed by atoms with Gasteiger partial charge in [0.2, 0.25) is 0 Å². The van der Waals surface area contributed by atoms with Gasteiger partial charge in [-0.1, -0.05) is 0 Å². The van der Waals surface area contributed by atoms with E-state index in [1.54, 1.807) is 19.1 Å². The van der Waals surface area contributed by atoms with Crippen molar-refractivity contribution in [1.29, 1.82) is 0 Å². The van der Waals surface area contributed by atoms with Crippen molar-refractivity contribution in [2.24, 2.45) is 0 Å². The number of anilines is 1. The summed E-state index contributed by atoms with van der Waals surface area (Å²) in [6, 6.07) is 6.46. The van der Waals surface area contributed by atoms with Gasteiger partial charge in [-0.3, -0.25) is 9.29 Å². The molecule has 1 aromatic carbocycles. The Morgan fingerprint density at radius 2 is 1.91 bits per heavy atom. The summed E-state index contributed by atoms with van der Waals surface area (Å²) in [5, 5.41) is 0. The maximum Gasteiger partial charge on any atom is 0.268 e. The molecule has 0 radical (unpaired) electrons. The molecular formula is C15H17FN2O4S. The lowest BCUT2D eigenvalue weighted by Crippen LogP contribution is -2.31. The number of nitrogens with zero attached hydrogens (tertiary/aromatic N) is 2. The van der Waals surface area contributed by atoms with Gasteiger partial charge in [-0.05, 0) is 37.3 Å². The number of pyridine rings is 1. The molecule has 2 aromatic rings. The lowest BCUT2D eigenvalue weighted by molar-refractivity contribution is 0.0489. The standard InChI is InChI=1S/C15H17FN2O4S/c1-3-18(13-6-8-17-9-7-13)23(19,20)15-10-12(16)4-5-14(15)22-11-21-2/h4-10H,3,11H2,1-2H3. The fraction of sp³-hybridized carbons (Fsp3) is 0.267. The van der Waals surface area contributed by atoms with Gasteiger partial charge in [-0.15, -0.1) is 0 Å². The Kier molecular flexibility index (Phi) is 5.51. The average Bonchev–Trinajstić information content (AvgIpc) is 2.55. The molecule has 0 spiro atoms. The van der Waals surface area contributed by atoms with E-state index in [2.05, 4.69) is 4.98 Å². The van der Waals surface area contributed by atoms with Crippen molar-refractivity contribution >= 4 is 15.7 Å². The third-order valence-corrected chi connectivity index (χ3v) is 4.97. The van der Waals surface area contributed by atoms with Crippen LogP contribution in [-0.4, -0.2) is 33.8 Å². The van der Waals surface area contributed by atoms with Crippen LogP contribution < -0.4 is 9.04 Å². The molecular weight excluding hydrogens is 323 g/mol. The van der Waals surface area contributed by atoms with E-state index in [4.69, 9.17) is 9.47 Å². The number of ether oxygens (including phenoxy) is 2. The Morgan fingerprint density at radius 1 is 1.22 bits per heavy atom. The van der Waals surface area contributed by atoms with Gasteiger partial charge in [0.05, 0.1) is 5.69 Å². The van der Waals surface area contributed by atoms with Crippen molar-refractivity contribution in [3.63, 3.8) is 0 Å². The summed E-state index contributed by atoms with van der Waals surface area (Å²) in [5.74, 6) is -0.639. The first-order valence-electron chi connectivity index (χ1n) is 6.84. The Bertz CT molecular complexity index is 753. The summed E-state index contributed by atoms with van der Waals surface area (Å²) < 4.78 is 50.6. The van der Waals surface area contributed by atoms with Crippen LogP contribution in [-0.2, 0) is 14.8 Å². The van der Waals surface area contributed by atoms with Crippen LogP contribution in [0, 0.1) is 5.82 Å². The summed E-state index contributed by atoms with van der Waals surface area (Å²) >= 11 is 0. The zero-order valence-electron chi connectivity index (χ0n) is 12.8. The minimum atomic E-state index is -4.00. The highest BCUT2D eigenvalue weighted by Gasteiger charge is 2.28. The number of benzene rings is 1. The molecule has 0 atom stereocenters. The van der Waals surface area contributed by atoms with E-state index in [0.717, 1.165) is 16.4 Å². The maximum atomic E-state index is 13.6. The second kappa shape index (κ2) is 7.38. The number of rotatable bonds is 7. The Labute approximate surface area is 134 Å². The molecule has 1 aromatic heterocycles. The summed E-state index contributed by atoms with van der Waals surface area (Å²) in [6.07, 6.45) is 2.98. The van der Waals surface area contributed by atoms with Gasteiger partial charge in [-0.2, -0.15) is 0 Å². The zero-order valence-corrected chi connectivity index (χ0v) is 13.6. The SMILES string of the molecule is CCN(c1ccncc1)S(=O)(=O)c1cc(F)ccc1OCOC. The highest BCUT2D eigenvalue weighted by molar-refractivity contribution is 7.93. The molecule has 0 amide bonds. The quantitative estimate of drug-likeness (QED) is 0.724. The minimum Gasteiger partial charge on any atom is -0.466 e. The molecule has 0 aliphatic rings. The largest absolute Gasteiger partial charge is 0.466 e. The van der Waals surface area contributed by atoms with Crippen LogP contribution in [0.1, 0.15) is 6.92 Å². The second-order valence-electron chi connectivity index (χ2n) is 4.52. The Balaban J connectivity index is 2.51. The topological polar surface area (TPSA) is 68.7 Å². The normalized spacial score (nSPS) is 11.3. The molecule has 1 heterocycles. The fourth-order valence-electron chi connectivity index (χ4n) is 2.05. The highest BCUT2D eigenvalue weighted by Crippen LogP contribution is 2.30. The smallest absolute Gasteiger partial charge is 0.268 e. The fourth-order valence-corrected chi connectivity index (χ4v) is 3.66. The maximum absolute atomic E-state index is 13.6. The van der Waals surface area contributed by atoms with Gasteiger partial charge < -0.3 is 9.47 Å². The van der Waals surface area contributed by atoms with Crippen LogP contribution in [0.15, 0.2) is 47.6 Å². The van der Waals surface area contributed by atoms with Crippen molar-refractivity contribution in [3.05, 3.63) is 48.5 Å². The molecule has 124 valence electrons. The van der Waals surface area contributed by atoms with Crippen molar-refractivity contribution in [1.82, 2.24) is 4.98 Å². The van der Waals surface area contributed by atoms with Gasteiger partial charge in [0.15, 0.2) is 6.79 Å². The van der Waals surface area contributed by atoms with E-state index >= 15 is 0 Å². The minimum absolute atomic E-state index is 0.0285. The summed E-state index contributed by atoms with van der Waals surface area (Å²) in [4.78, 5) is 3.61. The van der Waals surface area contributed by atoms with E-state index < -0.39 is 15.8 Å². The number of sulfonamides is 1. The highest BCUT2D eigenvalue weighted by atomic mass is 32.2. The van der Waals surface area contributed by atoms with E-state index in [1.807, 2.05) is 0 Å². The van der Waals surface area contributed by atoms with Crippen LogP contribution in [0.25, 0.3) is 0 Å². The summed E-state index contributed by atoms with van der Waals surface area (Å²) in [5.41, 5.74) is 0.435. The predicted octanol–water partition coefficient (Wildman–Crippen LogP) is 2.42. The van der Waals surface area contributed by atoms with Crippen LogP contribution in [0.5, 0.6) is 5.75 Å². The van der Waals surface area contributed by atoms with Crippen LogP contribution in [0.3, 0.4) is 0 Å². The first-order valence-corrected chi connectivity index (χ1v) is 8.28. The number of aromatic nitrogens is 1. The van der Waals surface area contributed by atoms with Crippen LogP contribution in [0.2, 0.25) is 0 Å². The van der Waals surface area contributed by atoms with Gasteiger partial charge in [-0.25, -0.2) is 12.8 Å². The van der Waals surface area contributed by atoms with Gasteiger partial charge >= 0.3 is 0 Å². The molecule has 6 nitrogen and oxygen atoms in total. The van der Waals surface area contributed by atoms with Crippen molar-refractivity contribution < 1.29 is 22.3 Å². The lowest BCUT2D eigenvalue weighted by atomic mass is 10.3. The van der Waals surface area contributed by atoms with Crippen molar-refractivity contribution in [3.8, 4) is 5.75 Å². The molecule has 0 aliphatic carbocycles. The number of hydrogen-bond acceptors (Lipinski definition) is 5. The molecule has 8 heteroatoms. The Hall–Kier alpha value is -2.19. The van der Waals surface area contributed by atoms with E-state index in [1.165, 1.54) is 25.6 Å². The number of methoxy groups -OCH3 is 1. The first kappa shape index (κ1) is 17.2. The molecule has 23 heavy (non-hydrogen) atoms. The predicted molar refractivity (Wildman–Crippen MR) is 83.3 cm³/mol. The van der Waals surface area contributed by atoms with Crippen molar-refractivity contribution in [2.75, 3.05) is 24.8 Å².